The molecular weight excluding hydrogens is 218 g/mol. The second-order valence-electron chi connectivity index (χ2n) is 4.86. The monoisotopic (exact) mass is 237 g/mol. The quantitative estimate of drug-likeness (QED) is 0.807. The number of nitrogens with two attached hydrogens (primary N) is 1. The fourth-order valence-corrected chi connectivity index (χ4v) is 2.57. The molecule has 2 unspecified atom stereocenters. The number of aromatic nitrogens is 2. The van der Waals surface area contributed by atoms with Crippen molar-refractivity contribution in [3.8, 4) is 0 Å². The van der Waals surface area contributed by atoms with Crippen LogP contribution in [-0.4, -0.2) is 52.7 Å². The van der Waals surface area contributed by atoms with Crippen LogP contribution in [0.25, 0.3) is 0 Å². The molecule has 2 atom stereocenters. The third-order valence-corrected chi connectivity index (χ3v) is 3.79. The molecule has 0 spiro atoms. The molecule has 4 rings (SSSR count). The Morgan fingerprint density at radius 3 is 2.76 bits per heavy atom. The van der Waals surface area contributed by atoms with Crippen molar-refractivity contribution in [3.63, 3.8) is 0 Å². The molecule has 0 aromatic carbocycles. The molecule has 2 N–H and O–H groups in total. The number of nitrogens with zero attached hydrogens (tertiary/aromatic N) is 4. The molecule has 0 amide bonds. The zero-order chi connectivity index (χ0) is 11.8. The lowest BCUT2D eigenvalue weighted by molar-refractivity contribution is 0.00781. The first-order valence-electron chi connectivity index (χ1n) is 6.33. The van der Waals surface area contributed by atoms with Crippen molar-refractivity contribution in [2.75, 3.05) is 32.7 Å². The van der Waals surface area contributed by atoms with Crippen LogP contribution >= 0.6 is 0 Å². The van der Waals surface area contributed by atoms with Crippen molar-refractivity contribution < 1.29 is 4.52 Å². The normalized spacial score (nSPS) is 33.9. The fraction of sp³-hybridized carbons (Fsp3) is 0.818. The molecule has 17 heavy (non-hydrogen) atoms. The summed E-state index contributed by atoms with van der Waals surface area (Å²) in [5.74, 6) is 1.37. The van der Waals surface area contributed by atoms with Crippen LogP contribution in [0.1, 0.15) is 37.1 Å². The maximum Gasteiger partial charge on any atom is 0.243 e. The third kappa shape index (κ3) is 1.96. The molecule has 94 valence electrons. The maximum atomic E-state index is 5.89. The van der Waals surface area contributed by atoms with Crippen molar-refractivity contribution in [2.45, 2.75) is 25.4 Å². The van der Waals surface area contributed by atoms with Gasteiger partial charge in [-0.2, -0.15) is 4.98 Å². The van der Waals surface area contributed by atoms with Gasteiger partial charge in [-0.15, -0.1) is 0 Å². The van der Waals surface area contributed by atoms with E-state index in [9.17, 15) is 0 Å². The Morgan fingerprint density at radius 1 is 1.41 bits per heavy atom. The molecule has 0 saturated carbocycles. The average Bonchev–Trinajstić information content (AvgIpc) is 2.88. The summed E-state index contributed by atoms with van der Waals surface area (Å²) in [6.07, 6.45) is 0.822. The first-order valence-corrected chi connectivity index (χ1v) is 6.33. The van der Waals surface area contributed by atoms with Gasteiger partial charge in [-0.3, -0.25) is 9.80 Å². The van der Waals surface area contributed by atoms with Crippen LogP contribution in [0.5, 0.6) is 0 Å². The molecule has 1 aromatic rings. The third-order valence-electron chi connectivity index (χ3n) is 3.79. The summed E-state index contributed by atoms with van der Waals surface area (Å²) >= 11 is 0. The predicted molar refractivity (Wildman–Crippen MR) is 62.3 cm³/mol. The number of hydrogen-bond donors (Lipinski definition) is 1. The van der Waals surface area contributed by atoms with E-state index >= 15 is 0 Å². The van der Waals surface area contributed by atoms with E-state index in [1.165, 1.54) is 0 Å². The predicted octanol–water partition coefficient (Wildman–Crippen LogP) is 0.152. The number of rotatable bonds is 3. The molecule has 2 bridgehead atoms. The second-order valence-corrected chi connectivity index (χ2v) is 4.86. The minimum Gasteiger partial charge on any atom is -0.338 e. The van der Waals surface area contributed by atoms with Gasteiger partial charge < -0.3 is 10.3 Å². The first-order chi connectivity index (χ1) is 8.28. The lowest BCUT2D eigenvalue weighted by atomic mass is 10.1. The van der Waals surface area contributed by atoms with Crippen molar-refractivity contribution in [2.24, 2.45) is 5.73 Å². The molecule has 3 aliphatic heterocycles. The fourth-order valence-electron chi connectivity index (χ4n) is 2.57. The van der Waals surface area contributed by atoms with E-state index in [0.717, 1.165) is 45.0 Å². The lowest BCUT2D eigenvalue weighted by Crippen LogP contribution is -2.57. The van der Waals surface area contributed by atoms with Crippen molar-refractivity contribution in [3.05, 3.63) is 11.7 Å². The van der Waals surface area contributed by atoms with Crippen LogP contribution in [0.2, 0.25) is 0 Å². The first kappa shape index (κ1) is 11.1. The van der Waals surface area contributed by atoms with Crippen molar-refractivity contribution in [1.82, 2.24) is 19.9 Å². The Hall–Kier alpha value is -0.980. The number of piperazine rings is 3. The summed E-state index contributed by atoms with van der Waals surface area (Å²) < 4.78 is 5.25. The summed E-state index contributed by atoms with van der Waals surface area (Å²) in [6, 6.07) is 0.159. The second kappa shape index (κ2) is 4.36. The van der Waals surface area contributed by atoms with Crippen LogP contribution in [0.3, 0.4) is 0 Å². The van der Waals surface area contributed by atoms with E-state index in [0.29, 0.717) is 11.9 Å². The largest absolute Gasteiger partial charge is 0.338 e. The van der Waals surface area contributed by atoms with E-state index < -0.39 is 0 Å². The van der Waals surface area contributed by atoms with Crippen LogP contribution in [0.4, 0.5) is 0 Å². The molecule has 6 nitrogen and oxygen atoms in total. The van der Waals surface area contributed by atoms with Gasteiger partial charge in [-0.1, -0.05) is 12.1 Å². The van der Waals surface area contributed by atoms with Gasteiger partial charge in [0, 0.05) is 32.7 Å². The highest BCUT2D eigenvalue weighted by Crippen LogP contribution is 2.27. The number of fused-ring (bicyclic) bond motifs is 3. The Morgan fingerprint density at radius 2 is 2.18 bits per heavy atom. The lowest BCUT2D eigenvalue weighted by Gasteiger charge is -2.46. The minimum atomic E-state index is -0.132. The highest BCUT2D eigenvalue weighted by Gasteiger charge is 2.35. The van der Waals surface area contributed by atoms with E-state index in [2.05, 4.69) is 19.9 Å². The zero-order valence-electron chi connectivity index (χ0n) is 10.2. The van der Waals surface area contributed by atoms with Crippen LogP contribution in [0.15, 0.2) is 4.52 Å². The molecule has 6 heteroatoms. The summed E-state index contributed by atoms with van der Waals surface area (Å²) in [6.45, 7) is 7.57. The van der Waals surface area contributed by atoms with Gasteiger partial charge in [-0.25, -0.2) is 0 Å². The van der Waals surface area contributed by atoms with Gasteiger partial charge in [0.25, 0.3) is 0 Å². The Kier molecular flexibility index (Phi) is 2.85. The molecule has 1 aromatic heterocycles. The molecular formula is C11H19N5O. The van der Waals surface area contributed by atoms with Crippen molar-refractivity contribution >= 4 is 0 Å². The number of hydrogen-bond acceptors (Lipinski definition) is 6. The van der Waals surface area contributed by atoms with Crippen molar-refractivity contribution in [1.29, 1.82) is 0 Å². The summed E-state index contributed by atoms with van der Waals surface area (Å²) in [5, 5.41) is 4.09. The molecule has 0 radical (unpaired) electrons. The maximum absolute atomic E-state index is 5.89. The standard InChI is InChI=1S/C11H19N5O/c1-2-8(12)11-13-10(14-17-11)9-7-15-3-5-16(9)6-4-15/h8-9H,2-7,12H2,1H3. The SMILES string of the molecule is CCC(N)c1nc(C2CN3CCN2CC3)no1. The average molecular weight is 237 g/mol. The minimum absolute atomic E-state index is 0.132. The zero-order valence-corrected chi connectivity index (χ0v) is 10.2. The summed E-state index contributed by atoms with van der Waals surface area (Å²) in [5.41, 5.74) is 5.89. The molecule has 3 aliphatic rings. The topological polar surface area (TPSA) is 71.4 Å². The molecule has 3 fully saturated rings. The van der Waals surface area contributed by atoms with E-state index in [4.69, 9.17) is 10.3 Å². The summed E-state index contributed by atoms with van der Waals surface area (Å²) in [7, 11) is 0. The Bertz CT molecular complexity index is 385. The molecule has 0 aliphatic carbocycles. The van der Waals surface area contributed by atoms with Gasteiger partial charge >= 0.3 is 0 Å². The van der Waals surface area contributed by atoms with Gasteiger partial charge in [0.2, 0.25) is 5.89 Å². The Balaban J connectivity index is 1.78. The highest BCUT2D eigenvalue weighted by atomic mass is 16.5. The van der Waals surface area contributed by atoms with Crippen LogP contribution < -0.4 is 5.73 Å². The summed E-state index contributed by atoms with van der Waals surface area (Å²) in [4.78, 5) is 9.35. The highest BCUT2D eigenvalue weighted by molar-refractivity contribution is 5.02. The van der Waals surface area contributed by atoms with E-state index in [-0.39, 0.29) is 6.04 Å². The van der Waals surface area contributed by atoms with Crippen LogP contribution in [-0.2, 0) is 0 Å². The van der Waals surface area contributed by atoms with Gasteiger partial charge in [0.15, 0.2) is 5.82 Å². The van der Waals surface area contributed by atoms with Gasteiger partial charge in [-0.05, 0) is 6.42 Å². The molecule has 4 heterocycles. The molecule has 3 saturated heterocycles. The van der Waals surface area contributed by atoms with E-state index in [1.807, 2.05) is 6.92 Å². The Labute approximate surface area is 101 Å². The van der Waals surface area contributed by atoms with Gasteiger partial charge in [0.05, 0.1) is 12.1 Å². The van der Waals surface area contributed by atoms with Crippen LogP contribution in [0, 0.1) is 0 Å². The van der Waals surface area contributed by atoms with E-state index in [1.54, 1.807) is 0 Å². The van der Waals surface area contributed by atoms with Gasteiger partial charge in [0.1, 0.15) is 0 Å². The smallest absolute Gasteiger partial charge is 0.243 e.